The van der Waals surface area contributed by atoms with Crippen molar-refractivity contribution in [2.75, 3.05) is 0 Å². The maximum atomic E-state index is 6.14. The topological polar surface area (TPSA) is 26.0 Å². The van der Waals surface area contributed by atoms with E-state index in [-0.39, 0.29) is 0 Å². The van der Waals surface area contributed by atoms with E-state index in [1.165, 1.54) is 11.1 Å². The first-order chi connectivity index (χ1) is 8.34. The van der Waals surface area contributed by atoms with Gasteiger partial charge in [0.1, 0.15) is 0 Å². The quantitative estimate of drug-likeness (QED) is 0.826. The second-order valence-electron chi connectivity index (χ2n) is 4.45. The van der Waals surface area contributed by atoms with E-state index in [0.29, 0.717) is 6.04 Å². The Hall–Kier alpha value is -1.12. The standard InChI is InChI=1S/C15H19NS/c16-15(9-7-14-10-11-17-12-14)8-6-13-4-2-1-3-5-13/h1-5,10-12,15H,6-9,16H2. The molecule has 0 fully saturated rings. The maximum absolute atomic E-state index is 6.14. The van der Waals surface area contributed by atoms with Gasteiger partial charge in [-0.3, -0.25) is 0 Å². The third-order valence-corrected chi connectivity index (χ3v) is 3.76. The van der Waals surface area contributed by atoms with Crippen molar-refractivity contribution in [2.24, 2.45) is 5.73 Å². The predicted octanol–water partition coefficient (Wildman–Crippen LogP) is 3.64. The van der Waals surface area contributed by atoms with Gasteiger partial charge in [-0.05, 0) is 53.6 Å². The molecule has 1 atom stereocenters. The predicted molar refractivity (Wildman–Crippen MR) is 75.4 cm³/mol. The van der Waals surface area contributed by atoms with Gasteiger partial charge in [-0.25, -0.2) is 0 Å². The first-order valence-electron chi connectivity index (χ1n) is 6.15. The summed E-state index contributed by atoms with van der Waals surface area (Å²) in [6, 6.07) is 13.1. The molecular weight excluding hydrogens is 226 g/mol. The number of rotatable bonds is 6. The molecule has 2 N–H and O–H groups in total. The van der Waals surface area contributed by atoms with Crippen LogP contribution in [0.5, 0.6) is 0 Å². The average Bonchev–Trinajstić information content (AvgIpc) is 2.88. The van der Waals surface area contributed by atoms with Gasteiger partial charge in [0.05, 0.1) is 0 Å². The third-order valence-electron chi connectivity index (χ3n) is 3.03. The molecule has 0 aliphatic rings. The van der Waals surface area contributed by atoms with E-state index in [2.05, 4.69) is 47.2 Å². The van der Waals surface area contributed by atoms with Gasteiger partial charge in [-0.2, -0.15) is 11.3 Å². The molecule has 0 aliphatic heterocycles. The van der Waals surface area contributed by atoms with Gasteiger partial charge in [-0.15, -0.1) is 0 Å². The van der Waals surface area contributed by atoms with Crippen molar-refractivity contribution in [1.29, 1.82) is 0 Å². The Balaban J connectivity index is 1.69. The molecule has 0 amide bonds. The van der Waals surface area contributed by atoms with Crippen LogP contribution in [0.3, 0.4) is 0 Å². The summed E-state index contributed by atoms with van der Waals surface area (Å²) < 4.78 is 0. The lowest BCUT2D eigenvalue weighted by molar-refractivity contribution is 0.569. The highest BCUT2D eigenvalue weighted by molar-refractivity contribution is 7.07. The van der Waals surface area contributed by atoms with Crippen LogP contribution >= 0.6 is 11.3 Å². The maximum Gasteiger partial charge on any atom is 0.00451 e. The minimum Gasteiger partial charge on any atom is -0.328 e. The van der Waals surface area contributed by atoms with Crippen molar-refractivity contribution in [3.8, 4) is 0 Å². The van der Waals surface area contributed by atoms with Crippen LogP contribution < -0.4 is 5.73 Å². The molecular formula is C15H19NS. The Morgan fingerprint density at radius 2 is 1.65 bits per heavy atom. The van der Waals surface area contributed by atoms with Crippen LogP contribution in [0.1, 0.15) is 24.0 Å². The smallest absolute Gasteiger partial charge is 0.00451 e. The Bertz CT molecular complexity index is 408. The normalized spacial score (nSPS) is 12.5. The van der Waals surface area contributed by atoms with E-state index < -0.39 is 0 Å². The van der Waals surface area contributed by atoms with E-state index in [9.17, 15) is 0 Å². The molecule has 1 aromatic carbocycles. The number of hydrogen-bond acceptors (Lipinski definition) is 2. The first kappa shape index (κ1) is 12.3. The van der Waals surface area contributed by atoms with Crippen molar-refractivity contribution in [2.45, 2.75) is 31.7 Å². The van der Waals surface area contributed by atoms with Crippen LogP contribution in [0, 0.1) is 0 Å². The zero-order valence-corrected chi connectivity index (χ0v) is 10.8. The first-order valence-corrected chi connectivity index (χ1v) is 7.09. The lowest BCUT2D eigenvalue weighted by Gasteiger charge is -2.10. The molecule has 1 unspecified atom stereocenters. The Morgan fingerprint density at radius 3 is 2.29 bits per heavy atom. The highest BCUT2D eigenvalue weighted by Crippen LogP contribution is 2.11. The van der Waals surface area contributed by atoms with Crippen molar-refractivity contribution < 1.29 is 0 Å². The molecule has 2 aromatic rings. The van der Waals surface area contributed by atoms with Gasteiger partial charge in [0.2, 0.25) is 0 Å². The van der Waals surface area contributed by atoms with Crippen LogP contribution in [-0.2, 0) is 12.8 Å². The Kier molecular flexibility index (Phi) is 4.77. The van der Waals surface area contributed by atoms with E-state index in [4.69, 9.17) is 5.73 Å². The van der Waals surface area contributed by atoms with Crippen LogP contribution in [-0.4, -0.2) is 6.04 Å². The largest absolute Gasteiger partial charge is 0.328 e. The fourth-order valence-corrected chi connectivity index (χ4v) is 2.63. The van der Waals surface area contributed by atoms with Crippen molar-refractivity contribution in [3.63, 3.8) is 0 Å². The summed E-state index contributed by atoms with van der Waals surface area (Å²) in [5, 5.41) is 4.34. The molecule has 2 rings (SSSR count). The SMILES string of the molecule is NC(CCc1ccccc1)CCc1ccsc1. The second kappa shape index (κ2) is 6.58. The summed E-state index contributed by atoms with van der Waals surface area (Å²) >= 11 is 1.76. The van der Waals surface area contributed by atoms with Gasteiger partial charge in [0.15, 0.2) is 0 Å². The molecule has 1 aromatic heterocycles. The zero-order chi connectivity index (χ0) is 11.9. The van der Waals surface area contributed by atoms with E-state index in [1.807, 2.05) is 0 Å². The molecule has 0 aliphatic carbocycles. The Morgan fingerprint density at radius 1 is 0.941 bits per heavy atom. The summed E-state index contributed by atoms with van der Waals surface area (Å²) in [6.45, 7) is 0. The lowest BCUT2D eigenvalue weighted by atomic mass is 10.0. The van der Waals surface area contributed by atoms with Crippen molar-refractivity contribution in [3.05, 3.63) is 58.3 Å². The van der Waals surface area contributed by atoms with Crippen LogP contribution in [0.25, 0.3) is 0 Å². The summed E-state index contributed by atoms with van der Waals surface area (Å²) in [5.41, 5.74) is 8.95. The second-order valence-corrected chi connectivity index (χ2v) is 5.23. The third kappa shape index (κ3) is 4.33. The molecule has 1 heterocycles. The highest BCUT2D eigenvalue weighted by Gasteiger charge is 2.04. The van der Waals surface area contributed by atoms with Gasteiger partial charge in [-0.1, -0.05) is 30.3 Å². The molecule has 90 valence electrons. The number of thiophene rings is 1. The molecule has 0 radical (unpaired) electrons. The fourth-order valence-electron chi connectivity index (χ4n) is 1.93. The molecule has 2 heteroatoms. The van der Waals surface area contributed by atoms with Gasteiger partial charge in [0.25, 0.3) is 0 Å². The number of benzene rings is 1. The molecule has 17 heavy (non-hydrogen) atoms. The molecule has 0 bridgehead atoms. The van der Waals surface area contributed by atoms with Gasteiger partial charge >= 0.3 is 0 Å². The minimum atomic E-state index is 0.315. The summed E-state index contributed by atoms with van der Waals surface area (Å²) in [6.07, 6.45) is 4.36. The van der Waals surface area contributed by atoms with Crippen LogP contribution in [0.15, 0.2) is 47.2 Å². The van der Waals surface area contributed by atoms with Crippen molar-refractivity contribution in [1.82, 2.24) is 0 Å². The number of aryl methyl sites for hydroxylation is 2. The minimum absolute atomic E-state index is 0.315. The van der Waals surface area contributed by atoms with E-state index in [1.54, 1.807) is 11.3 Å². The van der Waals surface area contributed by atoms with Crippen LogP contribution in [0.2, 0.25) is 0 Å². The summed E-state index contributed by atoms with van der Waals surface area (Å²) in [4.78, 5) is 0. The monoisotopic (exact) mass is 245 g/mol. The lowest BCUT2D eigenvalue weighted by Crippen LogP contribution is -2.21. The van der Waals surface area contributed by atoms with Gasteiger partial charge < -0.3 is 5.73 Å². The molecule has 0 saturated carbocycles. The number of hydrogen-bond donors (Lipinski definition) is 1. The highest BCUT2D eigenvalue weighted by atomic mass is 32.1. The molecule has 0 spiro atoms. The van der Waals surface area contributed by atoms with Gasteiger partial charge in [0, 0.05) is 6.04 Å². The Labute approximate surface area is 107 Å². The number of nitrogens with two attached hydrogens (primary N) is 1. The van der Waals surface area contributed by atoms with E-state index in [0.717, 1.165) is 25.7 Å². The van der Waals surface area contributed by atoms with Crippen LogP contribution in [0.4, 0.5) is 0 Å². The van der Waals surface area contributed by atoms with E-state index >= 15 is 0 Å². The molecule has 1 nitrogen and oxygen atoms in total. The summed E-state index contributed by atoms with van der Waals surface area (Å²) in [7, 11) is 0. The average molecular weight is 245 g/mol. The zero-order valence-electron chi connectivity index (χ0n) is 10.0. The summed E-state index contributed by atoms with van der Waals surface area (Å²) in [5.74, 6) is 0. The van der Waals surface area contributed by atoms with Crippen molar-refractivity contribution >= 4 is 11.3 Å². The fraction of sp³-hybridized carbons (Fsp3) is 0.333. The molecule has 0 saturated heterocycles.